The van der Waals surface area contributed by atoms with Crippen molar-refractivity contribution in [1.29, 1.82) is 0 Å². The summed E-state index contributed by atoms with van der Waals surface area (Å²) in [4.78, 5) is 10.1. The Bertz CT molecular complexity index is 483. The van der Waals surface area contributed by atoms with E-state index in [1.54, 1.807) is 0 Å². The van der Waals surface area contributed by atoms with Crippen molar-refractivity contribution in [1.82, 2.24) is 0 Å². The van der Waals surface area contributed by atoms with Crippen molar-refractivity contribution in [3.8, 4) is 5.75 Å². The molecule has 1 aromatic carbocycles. The number of rotatable bonds is 5. The van der Waals surface area contributed by atoms with Crippen LogP contribution in [0.3, 0.4) is 0 Å². The number of benzene rings is 1. The fraction of sp³-hybridized carbons (Fsp3) is 0.500. The van der Waals surface area contributed by atoms with E-state index < -0.39 is 4.92 Å². The molecule has 0 spiro atoms. The van der Waals surface area contributed by atoms with E-state index in [1.165, 1.54) is 18.2 Å². The van der Waals surface area contributed by atoms with Crippen molar-refractivity contribution < 1.29 is 14.4 Å². The molecule has 5 nitrogen and oxygen atoms in total. The standard InChI is InChI=1S/C12H13Cl2NO4/c1-2-18-12-9(14)6-11(12)19-10-4-3-7(15(16)17)5-8(10)13/h3-5,9,11-12H,2,6H2,1H3. The van der Waals surface area contributed by atoms with E-state index in [-0.39, 0.29) is 28.3 Å². The lowest BCUT2D eigenvalue weighted by molar-refractivity contribution is -0.384. The Morgan fingerprint density at radius 1 is 1.53 bits per heavy atom. The highest BCUT2D eigenvalue weighted by molar-refractivity contribution is 6.32. The summed E-state index contributed by atoms with van der Waals surface area (Å²) in [6.45, 7) is 2.44. The largest absolute Gasteiger partial charge is 0.486 e. The molecule has 0 aromatic heterocycles. The molecule has 0 heterocycles. The average molecular weight is 306 g/mol. The summed E-state index contributed by atoms with van der Waals surface area (Å²) in [7, 11) is 0. The first-order valence-corrected chi connectivity index (χ1v) is 6.70. The van der Waals surface area contributed by atoms with Crippen LogP contribution in [0, 0.1) is 10.1 Å². The second-order valence-corrected chi connectivity index (χ2v) is 5.17. The van der Waals surface area contributed by atoms with E-state index in [2.05, 4.69) is 0 Å². The molecule has 1 fully saturated rings. The molecule has 1 aliphatic carbocycles. The molecule has 7 heteroatoms. The van der Waals surface area contributed by atoms with Gasteiger partial charge in [0.1, 0.15) is 18.0 Å². The zero-order valence-electron chi connectivity index (χ0n) is 10.2. The summed E-state index contributed by atoms with van der Waals surface area (Å²) in [5.41, 5.74) is -0.0671. The zero-order chi connectivity index (χ0) is 14.0. The van der Waals surface area contributed by atoms with Crippen LogP contribution in [0.25, 0.3) is 0 Å². The van der Waals surface area contributed by atoms with Gasteiger partial charge in [-0.3, -0.25) is 10.1 Å². The molecule has 0 bridgehead atoms. The van der Waals surface area contributed by atoms with E-state index in [1.807, 2.05) is 6.92 Å². The molecule has 2 rings (SSSR count). The monoisotopic (exact) mass is 305 g/mol. The van der Waals surface area contributed by atoms with Crippen LogP contribution in [0.15, 0.2) is 18.2 Å². The smallest absolute Gasteiger partial charge is 0.271 e. The highest BCUT2D eigenvalue weighted by Crippen LogP contribution is 2.36. The highest BCUT2D eigenvalue weighted by Gasteiger charge is 2.42. The van der Waals surface area contributed by atoms with Gasteiger partial charge in [0.05, 0.1) is 15.3 Å². The van der Waals surface area contributed by atoms with Crippen LogP contribution in [0.4, 0.5) is 5.69 Å². The van der Waals surface area contributed by atoms with Gasteiger partial charge in [-0.05, 0) is 13.0 Å². The third kappa shape index (κ3) is 3.11. The van der Waals surface area contributed by atoms with Crippen LogP contribution in [0.1, 0.15) is 13.3 Å². The topological polar surface area (TPSA) is 61.6 Å². The second-order valence-electron chi connectivity index (χ2n) is 4.20. The SMILES string of the molecule is CCOC1C(Cl)CC1Oc1ccc([N+](=O)[O-])cc1Cl. The van der Waals surface area contributed by atoms with Crippen LogP contribution in [-0.2, 0) is 4.74 Å². The van der Waals surface area contributed by atoms with E-state index in [0.29, 0.717) is 18.8 Å². The van der Waals surface area contributed by atoms with E-state index in [4.69, 9.17) is 32.7 Å². The molecule has 0 radical (unpaired) electrons. The Kier molecular flexibility index (Phi) is 4.50. The van der Waals surface area contributed by atoms with Gasteiger partial charge in [-0.2, -0.15) is 0 Å². The molecule has 3 atom stereocenters. The number of nitro groups is 1. The maximum atomic E-state index is 10.6. The Balaban J connectivity index is 2.05. The second kappa shape index (κ2) is 5.94. The molecule has 0 saturated heterocycles. The molecular weight excluding hydrogens is 293 g/mol. The first-order chi connectivity index (χ1) is 9.02. The predicted octanol–water partition coefficient (Wildman–Crippen LogP) is 3.41. The van der Waals surface area contributed by atoms with Crippen molar-refractivity contribution in [2.75, 3.05) is 6.61 Å². The fourth-order valence-corrected chi connectivity index (χ4v) is 2.54. The van der Waals surface area contributed by atoms with Crippen LogP contribution in [0.5, 0.6) is 5.75 Å². The average Bonchev–Trinajstić information content (AvgIpc) is 2.37. The van der Waals surface area contributed by atoms with Crippen LogP contribution >= 0.6 is 23.2 Å². The first kappa shape index (κ1) is 14.4. The van der Waals surface area contributed by atoms with Gasteiger partial charge in [-0.15, -0.1) is 11.6 Å². The van der Waals surface area contributed by atoms with Gasteiger partial charge in [0.15, 0.2) is 0 Å². The molecular formula is C12H13Cl2NO4. The molecule has 19 heavy (non-hydrogen) atoms. The maximum absolute atomic E-state index is 10.6. The minimum Gasteiger partial charge on any atom is -0.486 e. The summed E-state index contributed by atoms with van der Waals surface area (Å²) < 4.78 is 11.2. The van der Waals surface area contributed by atoms with Crippen molar-refractivity contribution in [2.24, 2.45) is 0 Å². The molecule has 104 valence electrons. The van der Waals surface area contributed by atoms with Crippen molar-refractivity contribution in [2.45, 2.75) is 30.9 Å². The molecule has 0 amide bonds. The molecule has 0 N–H and O–H groups in total. The third-order valence-corrected chi connectivity index (χ3v) is 3.67. The number of alkyl halides is 1. The lowest BCUT2D eigenvalue weighted by Crippen LogP contribution is -2.52. The Hall–Kier alpha value is -1.04. The summed E-state index contributed by atoms with van der Waals surface area (Å²) >= 11 is 12.0. The lowest BCUT2D eigenvalue weighted by atomic mass is 9.91. The van der Waals surface area contributed by atoms with Crippen molar-refractivity contribution >= 4 is 28.9 Å². The lowest BCUT2D eigenvalue weighted by Gasteiger charge is -2.40. The van der Waals surface area contributed by atoms with Gasteiger partial charge in [0.25, 0.3) is 5.69 Å². The van der Waals surface area contributed by atoms with E-state index in [0.717, 1.165) is 0 Å². The van der Waals surface area contributed by atoms with Crippen LogP contribution in [-0.4, -0.2) is 29.1 Å². The zero-order valence-corrected chi connectivity index (χ0v) is 11.7. The Morgan fingerprint density at radius 3 is 2.79 bits per heavy atom. The minimum atomic E-state index is -0.503. The predicted molar refractivity (Wildman–Crippen MR) is 72.2 cm³/mol. The number of nitro benzene ring substituents is 1. The minimum absolute atomic E-state index is 0.0671. The number of halogens is 2. The molecule has 1 saturated carbocycles. The summed E-state index contributed by atoms with van der Waals surface area (Å²) in [5, 5.41) is 10.7. The van der Waals surface area contributed by atoms with Gasteiger partial charge in [0.2, 0.25) is 0 Å². The van der Waals surface area contributed by atoms with Crippen LogP contribution < -0.4 is 4.74 Å². The quantitative estimate of drug-likeness (QED) is 0.475. The van der Waals surface area contributed by atoms with Gasteiger partial charge >= 0.3 is 0 Å². The molecule has 1 aliphatic rings. The number of nitrogens with zero attached hydrogens (tertiary/aromatic N) is 1. The number of non-ortho nitro benzene ring substituents is 1. The summed E-state index contributed by atoms with van der Waals surface area (Å²) in [5.74, 6) is 0.408. The van der Waals surface area contributed by atoms with Gasteiger partial charge < -0.3 is 9.47 Å². The fourth-order valence-electron chi connectivity index (χ4n) is 1.91. The van der Waals surface area contributed by atoms with E-state index >= 15 is 0 Å². The number of ether oxygens (including phenoxy) is 2. The summed E-state index contributed by atoms with van der Waals surface area (Å²) in [6, 6.07) is 4.11. The normalized spacial score (nSPS) is 25.7. The molecule has 0 aliphatic heterocycles. The maximum Gasteiger partial charge on any atom is 0.271 e. The van der Waals surface area contributed by atoms with E-state index in [9.17, 15) is 10.1 Å². The molecule has 3 unspecified atom stereocenters. The molecule has 1 aromatic rings. The Labute approximate surface area is 120 Å². The van der Waals surface area contributed by atoms with Crippen molar-refractivity contribution in [3.63, 3.8) is 0 Å². The van der Waals surface area contributed by atoms with Gasteiger partial charge in [-0.25, -0.2) is 0 Å². The van der Waals surface area contributed by atoms with Crippen LogP contribution in [0.2, 0.25) is 5.02 Å². The van der Waals surface area contributed by atoms with Crippen molar-refractivity contribution in [3.05, 3.63) is 33.3 Å². The van der Waals surface area contributed by atoms with Gasteiger partial charge in [-0.1, -0.05) is 11.6 Å². The highest BCUT2D eigenvalue weighted by atomic mass is 35.5. The first-order valence-electron chi connectivity index (χ1n) is 5.89. The number of hydrogen-bond acceptors (Lipinski definition) is 4. The Morgan fingerprint density at radius 2 is 2.26 bits per heavy atom. The summed E-state index contributed by atoms with van der Waals surface area (Å²) in [6.07, 6.45) is 0.332. The van der Waals surface area contributed by atoms with Gasteiger partial charge in [0, 0.05) is 25.2 Å². The third-order valence-electron chi connectivity index (χ3n) is 2.94. The number of hydrogen-bond donors (Lipinski definition) is 0.